The molecule has 1 atom stereocenters. The van der Waals surface area contributed by atoms with Gasteiger partial charge in [0.05, 0.1) is 4.88 Å². The molecule has 3 heterocycles. The van der Waals surface area contributed by atoms with Gasteiger partial charge >= 0.3 is 0 Å². The van der Waals surface area contributed by atoms with Crippen molar-refractivity contribution in [2.75, 3.05) is 23.3 Å². The SMILES string of the molecule is O=C1C[C@H](c2c(F)cccc2F)c2sc(N3CCCCC3)nc2N1. The normalized spacial score (nSPS) is 20.7. The molecule has 0 aliphatic carbocycles. The average molecular weight is 349 g/mol. The summed E-state index contributed by atoms with van der Waals surface area (Å²) in [5.74, 6) is -1.66. The number of nitrogens with one attached hydrogen (secondary N) is 1. The van der Waals surface area contributed by atoms with E-state index in [0.29, 0.717) is 5.82 Å². The van der Waals surface area contributed by atoms with Crippen LogP contribution in [0.4, 0.5) is 19.7 Å². The van der Waals surface area contributed by atoms with E-state index in [2.05, 4.69) is 15.2 Å². The molecule has 2 aliphatic heterocycles. The Morgan fingerprint density at radius 1 is 1.17 bits per heavy atom. The van der Waals surface area contributed by atoms with Gasteiger partial charge in [-0.25, -0.2) is 13.8 Å². The Hall–Kier alpha value is -2.02. The summed E-state index contributed by atoms with van der Waals surface area (Å²) < 4.78 is 28.4. The highest BCUT2D eigenvalue weighted by molar-refractivity contribution is 7.16. The highest BCUT2D eigenvalue weighted by Gasteiger charge is 2.34. The van der Waals surface area contributed by atoms with Crippen LogP contribution in [0.3, 0.4) is 0 Å². The van der Waals surface area contributed by atoms with E-state index in [1.165, 1.54) is 36.0 Å². The van der Waals surface area contributed by atoms with Gasteiger partial charge in [-0.2, -0.15) is 0 Å². The number of rotatable bonds is 2. The number of hydrogen-bond donors (Lipinski definition) is 1. The number of thiazole rings is 1. The van der Waals surface area contributed by atoms with Crippen molar-refractivity contribution in [2.45, 2.75) is 31.6 Å². The number of fused-ring (bicyclic) bond motifs is 1. The zero-order valence-electron chi connectivity index (χ0n) is 13.0. The molecule has 1 N–H and O–H groups in total. The number of benzene rings is 1. The first-order valence-electron chi connectivity index (χ1n) is 8.13. The van der Waals surface area contributed by atoms with Crippen molar-refractivity contribution >= 4 is 28.2 Å². The molecule has 0 saturated carbocycles. The number of carbonyl (C=O) groups excluding carboxylic acids is 1. The van der Waals surface area contributed by atoms with E-state index in [0.717, 1.165) is 35.9 Å². The first kappa shape index (κ1) is 15.5. The van der Waals surface area contributed by atoms with Gasteiger partial charge in [0, 0.05) is 31.0 Å². The molecule has 24 heavy (non-hydrogen) atoms. The van der Waals surface area contributed by atoms with Crippen molar-refractivity contribution in [1.82, 2.24) is 4.98 Å². The lowest BCUT2D eigenvalue weighted by Crippen LogP contribution is -2.29. The molecule has 4 nitrogen and oxygen atoms in total. The average Bonchev–Trinajstić information content (AvgIpc) is 2.99. The number of anilines is 2. The maximum absolute atomic E-state index is 14.2. The van der Waals surface area contributed by atoms with E-state index in [1.807, 2.05) is 0 Å². The first-order valence-corrected chi connectivity index (χ1v) is 8.94. The molecule has 1 aromatic heterocycles. The van der Waals surface area contributed by atoms with E-state index < -0.39 is 17.6 Å². The fraction of sp³-hybridized carbons (Fsp3) is 0.412. The molecule has 0 radical (unpaired) electrons. The van der Waals surface area contributed by atoms with Crippen LogP contribution in [0.15, 0.2) is 18.2 Å². The van der Waals surface area contributed by atoms with Crippen LogP contribution >= 0.6 is 11.3 Å². The van der Waals surface area contributed by atoms with E-state index in [-0.39, 0.29) is 17.9 Å². The molecule has 0 spiro atoms. The minimum absolute atomic E-state index is 0.0342. The Balaban J connectivity index is 1.76. The van der Waals surface area contributed by atoms with Crippen molar-refractivity contribution in [1.29, 1.82) is 0 Å². The number of amides is 1. The van der Waals surface area contributed by atoms with Gasteiger partial charge < -0.3 is 10.2 Å². The highest BCUT2D eigenvalue weighted by Crippen LogP contribution is 2.44. The molecule has 4 rings (SSSR count). The van der Waals surface area contributed by atoms with Crippen molar-refractivity contribution in [2.24, 2.45) is 0 Å². The molecular weight excluding hydrogens is 332 g/mol. The maximum Gasteiger partial charge on any atom is 0.226 e. The van der Waals surface area contributed by atoms with Crippen LogP contribution in [0.5, 0.6) is 0 Å². The molecule has 1 saturated heterocycles. The molecule has 0 bridgehead atoms. The summed E-state index contributed by atoms with van der Waals surface area (Å²) in [6, 6.07) is 3.80. The van der Waals surface area contributed by atoms with Crippen LogP contribution in [0.25, 0.3) is 0 Å². The minimum atomic E-state index is -0.619. The monoisotopic (exact) mass is 349 g/mol. The topological polar surface area (TPSA) is 45.2 Å². The number of nitrogens with zero attached hydrogens (tertiary/aromatic N) is 2. The molecule has 126 valence electrons. The molecule has 1 amide bonds. The van der Waals surface area contributed by atoms with Crippen molar-refractivity contribution in [3.05, 3.63) is 40.3 Å². The quantitative estimate of drug-likeness (QED) is 0.895. The lowest BCUT2D eigenvalue weighted by molar-refractivity contribution is -0.116. The summed E-state index contributed by atoms with van der Waals surface area (Å²) in [4.78, 5) is 19.5. The second-order valence-electron chi connectivity index (χ2n) is 6.20. The third-order valence-electron chi connectivity index (χ3n) is 4.58. The van der Waals surface area contributed by atoms with E-state index in [9.17, 15) is 13.6 Å². The van der Waals surface area contributed by atoms with Gasteiger partial charge in [-0.3, -0.25) is 4.79 Å². The van der Waals surface area contributed by atoms with E-state index in [1.54, 1.807) is 0 Å². The van der Waals surface area contributed by atoms with Crippen molar-refractivity contribution in [3.8, 4) is 0 Å². The third kappa shape index (κ3) is 2.66. The van der Waals surface area contributed by atoms with Crippen LogP contribution in [0.2, 0.25) is 0 Å². The van der Waals surface area contributed by atoms with Gasteiger partial charge in [-0.15, -0.1) is 0 Å². The minimum Gasteiger partial charge on any atom is -0.348 e. The second kappa shape index (κ2) is 6.12. The number of halogens is 2. The Labute approximate surface area is 142 Å². The van der Waals surface area contributed by atoms with Crippen LogP contribution in [-0.2, 0) is 4.79 Å². The standard InChI is InChI=1S/C17H17F2N3OS/c18-11-5-4-6-12(19)14(11)10-9-13(23)20-16-15(10)24-17(21-16)22-7-2-1-3-8-22/h4-6,10H,1-3,7-9H2,(H,20,23)/t10-/m1/s1. The molecule has 2 aliphatic rings. The van der Waals surface area contributed by atoms with Crippen LogP contribution < -0.4 is 10.2 Å². The summed E-state index contributed by atoms with van der Waals surface area (Å²) in [7, 11) is 0. The summed E-state index contributed by atoms with van der Waals surface area (Å²) in [5, 5.41) is 3.57. The van der Waals surface area contributed by atoms with Gasteiger partial charge in [0.1, 0.15) is 17.5 Å². The Morgan fingerprint density at radius 2 is 1.88 bits per heavy atom. The van der Waals surface area contributed by atoms with Gasteiger partial charge in [-0.05, 0) is 31.4 Å². The lowest BCUT2D eigenvalue weighted by atomic mass is 9.91. The fourth-order valence-electron chi connectivity index (χ4n) is 3.40. The number of aromatic nitrogens is 1. The molecular formula is C17H17F2N3OS. The fourth-order valence-corrected chi connectivity index (χ4v) is 4.59. The Bertz CT molecular complexity index is 766. The summed E-state index contributed by atoms with van der Waals surface area (Å²) in [5.41, 5.74) is -0.0394. The van der Waals surface area contributed by atoms with Gasteiger partial charge in [0.2, 0.25) is 5.91 Å². The summed E-state index contributed by atoms with van der Waals surface area (Å²) in [6.07, 6.45) is 3.47. The van der Waals surface area contributed by atoms with Crippen LogP contribution in [-0.4, -0.2) is 24.0 Å². The first-order chi connectivity index (χ1) is 11.6. The highest BCUT2D eigenvalue weighted by atomic mass is 32.1. The Kier molecular flexibility index (Phi) is 3.96. The molecule has 1 aromatic carbocycles. The predicted octanol–water partition coefficient (Wildman–Crippen LogP) is 3.89. The molecule has 0 unspecified atom stereocenters. The van der Waals surface area contributed by atoms with Gasteiger partial charge in [0.25, 0.3) is 0 Å². The van der Waals surface area contributed by atoms with Gasteiger partial charge in [-0.1, -0.05) is 17.4 Å². The smallest absolute Gasteiger partial charge is 0.226 e. The van der Waals surface area contributed by atoms with E-state index in [4.69, 9.17) is 0 Å². The third-order valence-corrected chi connectivity index (χ3v) is 5.81. The zero-order valence-corrected chi connectivity index (χ0v) is 13.8. The molecule has 1 fully saturated rings. The summed E-state index contributed by atoms with van der Waals surface area (Å²) >= 11 is 1.43. The van der Waals surface area contributed by atoms with Crippen molar-refractivity contribution < 1.29 is 13.6 Å². The number of hydrogen-bond acceptors (Lipinski definition) is 4. The number of carbonyl (C=O) groups is 1. The Morgan fingerprint density at radius 3 is 2.58 bits per heavy atom. The molecule has 2 aromatic rings. The number of piperidine rings is 1. The largest absolute Gasteiger partial charge is 0.348 e. The van der Waals surface area contributed by atoms with E-state index >= 15 is 0 Å². The zero-order chi connectivity index (χ0) is 16.7. The van der Waals surface area contributed by atoms with Crippen molar-refractivity contribution in [3.63, 3.8) is 0 Å². The second-order valence-corrected chi connectivity index (χ2v) is 7.21. The van der Waals surface area contributed by atoms with Crippen LogP contribution in [0, 0.1) is 11.6 Å². The van der Waals surface area contributed by atoms with Gasteiger partial charge in [0.15, 0.2) is 5.13 Å². The molecule has 7 heteroatoms. The van der Waals surface area contributed by atoms with Crippen LogP contribution in [0.1, 0.15) is 42.0 Å². The predicted molar refractivity (Wildman–Crippen MR) is 89.6 cm³/mol. The maximum atomic E-state index is 14.2. The lowest BCUT2D eigenvalue weighted by Gasteiger charge is -2.25. The summed E-state index contributed by atoms with van der Waals surface area (Å²) in [6.45, 7) is 1.86.